The molecule has 4 N–H and O–H groups in total. The lowest BCUT2D eigenvalue weighted by Crippen LogP contribution is -2.52. The molecular formula is C41H52F2O4. The van der Waals surface area contributed by atoms with E-state index < -0.39 is 35.4 Å². The highest BCUT2D eigenvalue weighted by Crippen LogP contribution is 2.66. The van der Waals surface area contributed by atoms with Crippen LogP contribution in [-0.2, 0) is 23.7 Å². The average molecular weight is 647 g/mol. The van der Waals surface area contributed by atoms with E-state index in [1.165, 1.54) is 22.3 Å². The van der Waals surface area contributed by atoms with Gasteiger partial charge in [-0.05, 0) is 141 Å². The van der Waals surface area contributed by atoms with E-state index in [1.54, 1.807) is 12.1 Å². The molecule has 0 aliphatic heterocycles. The Morgan fingerprint density at radius 2 is 1.23 bits per heavy atom. The van der Waals surface area contributed by atoms with E-state index in [-0.39, 0.29) is 22.7 Å². The molecule has 0 aromatic heterocycles. The van der Waals surface area contributed by atoms with E-state index in [0.29, 0.717) is 36.2 Å². The molecular weight excluding hydrogens is 594 g/mol. The Labute approximate surface area is 278 Å². The molecule has 0 spiro atoms. The first-order valence-corrected chi connectivity index (χ1v) is 17.9. The number of aliphatic hydroxyl groups excluding tert-OH is 2. The van der Waals surface area contributed by atoms with E-state index in [4.69, 9.17) is 0 Å². The van der Waals surface area contributed by atoms with Gasteiger partial charge in [-0.25, -0.2) is 8.78 Å². The molecule has 4 fully saturated rings. The van der Waals surface area contributed by atoms with Gasteiger partial charge in [0, 0.05) is 21.7 Å². The highest BCUT2D eigenvalue weighted by atomic mass is 19.1. The largest absolute Gasteiger partial charge is 0.508 e. The van der Waals surface area contributed by atoms with Crippen molar-refractivity contribution in [1.29, 1.82) is 0 Å². The molecule has 4 saturated carbocycles. The Kier molecular flexibility index (Phi) is 7.99. The third-order valence-electron chi connectivity index (χ3n) is 14.7. The minimum absolute atomic E-state index is 0.0169. The van der Waals surface area contributed by atoms with Crippen LogP contribution in [0.25, 0.3) is 0 Å². The van der Waals surface area contributed by atoms with Crippen LogP contribution in [-0.4, -0.2) is 45.0 Å². The third kappa shape index (κ3) is 4.63. The summed E-state index contributed by atoms with van der Waals surface area (Å²) in [6.07, 6.45) is 9.41. The predicted molar refractivity (Wildman–Crippen MR) is 181 cm³/mol. The molecule has 0 radical (unpaired) electrons. The zero-order valence-electron chi connectivity index (χ0n) is 28.0. The number of hydrogen-bond acceptors (Lipinski definition) is 4. The van der Waals surface area contributed by atoms with Gasteiger partial charge in [-0.15, -0.1) is 13.2 Å². The first kappa shape index (κ1) is 32.8. The van der Waals surface area contributed by atoms with Crippen molar-refractivity contribution >= 4 is 0 Å². The molecule has 0 saturated heterocycles. The van der Waals surface area contributed by atoms with Gasteiger partial charge >= 0.3 is 0 Å². The number of allylic oxidation sites excluding steroid dienone is 2. The molecule has 0 bridgehead atoms. The summed E-state index contributed by atoms with van der Waals surface area (Å²) in [6.45, 7) is 12.2. The Morgan fingerprint density at radius 3 is 1.81 bits per heavy atom. The van der Waals surface area contributed by atoms with Crippen LogP contribution in [0.4, 0.5) is 8.78 Å². The zero-order valence-corrected chi connectivity index (χ0v) is 28.0. The maximum Gasteiger partial charge on any atom is 0.131 e. The number of phenolic OH excluding ortho intramolecular Hbond substituents is 2. The van der Waals surface area contributed by atoms with Crippen molar-refractivity contribution in [1.82, 2.24) is 0 Å². The quantitative estimate of drug-likeness (QED) is 0.254. The van der Waals surface area contributed by atoms with Crippen molar-refractivity contribution in [3.8, 4) is 11.5 Å². The van der Waals surface area contributed by atoms with Crippen LogP contribution in [0.5, 0.6) is 11.5 Å². The number of benzene rings is 2. The Morgan fingerprint density at radius 1 is 0.723 bits per heavy atom. The summed E-state index contributed by atoms with van der Waals surface area (Å²) in [6, 6.07) is 11.4. The first-order valence-electron chi connectivity index (χ1n) is 17.9. The molecule has 0 heterocycles. The molecule has 2 aromatic carbocycles. The number of hydrogen-bond donors (Lipinski definition) is 4. The Balaban J connectivity index is 0.000000150. The second kappa shape index (κ2) is 11.4. The van der Waals surface area contributed by atoms with Crippen LogP contribution in [0.15, 0.2) is 61.7 Å². The molecule has 254 valence electrons. The number of aliphatic hydroxyl groups is 2. The molecule has 4 nitrogen and oxygen atoms in total. The first-order chi connectivity index (χ1) is 22.3. The zero-order chi connectivity index (χ0) is 33.5. The van der Waals surface area contributed by atoms with Gasteiger partial charge in [-0.2, -0.15) is 0 Å². The normalized spacial score (nSPS) is 44.3. The fourth-order valence-corrected chi connectivity index (χ4v) is 12.3. The van der Waals surface area contributed by atoms with E-state index >= 15 is 0 Å². The van der Waals surface area contributed by atoms with Crippen LogP contribution in [0.2, 0.25) is 0 Å². The number of phenols is 2. The van der Waals surface area contributed by atoms with Gasteiger partial charge in [0.05, 0.1) is 12.2 Å². The predicted octanol–water partition coefficient (Wildman–Crippen LogP) is 8.18. The Bertz CT molecular complexity index is 1560. The smallest absolute Gasteiger partial charge is 0.131 e. The molecule has 0 unspecified atom stereocenters. The van der Waals surface area contributed by atoms with Gasteiger partial charge in [-0.3, -0.25) is 0 Å². The molecule has 47 heavy (non-hydrogen) atoms. The SMILES string of the molecule is C=CC[C@]12CC[C@]3(C)[C@@H](F)[C@H](O)C[C@H]3[C@@H]1CCc1cc(O)ccc12.C=C[C@]12CC[C@]3(C)[C@@H](F)[C@H](O)C[C@H]3[C@@H]1CCc1cc(O)ccc12. The summed E-state index contributed by atoms with van der Waals surface area (Å²) in [7, 11) is 0. The van der Waals surface area contributed by atoms with Gasteiger partial charge in [0.15, 0.2) is 0 Å². The summed E-state index contributed by atoms with van der Waals surface area (Å²) in [5.74, 6) is 1.75. The van der Waals surface area contributed by atoms with Crippen LogP contribution < -0.4 is 0 Å². The highest BCUT2D eigenvalue weighted by molar-refractivity contribution is 5.47. The van der Waals surface area contributed by atoms with Gasteiger partial charge in [0.2, 0.25) is 0 Å². The minimum Gasteiger partial charge on any atom is -0.508 e. The second-order valence-electron chi connectivity index (χ2n) is 16.5. The fourth-order valence-electron chi connectivity index (χ4n) is 12.3. The fraction of sp³-hybridized carbons (Fsp3) is 0.610. The summed E-state index contributed by atoms with van der Waals surface area (Å²) in [4.78, 5) is 0. The molecule has 6 aliphatic rings. The number of halogens is 2. The number of aromatic hydroxyl groups is 2. The summed E-state index contributed by atoms with van der Waals surface area (Å²) >= 11 is 0. The van der Waals surface area contributed by atoms with E-state index in [1.807, 2.05) is 38.1 Å². The maximum atomic E-state index is 14.8. The number of fused-ring (bicyclic) bond motifs is 10. The van der Waals surface area contributed by atoms with Crippen molar-refractivity contribution in [2.24, 2.45) is 34.5 Å². The number of aryl methyl sites for hydroxylation is 2. The summed E-state index contributed by atoms with van der Waals surface area (Å²) in [5, 5.41) is 40.0. The van der Waals surface area contributed by atoms with Crippen LogP contribution in [0.3, 0.4) is 0 Å². The lowest BCUT2D eigenvalue weighted by molar-refractivity contribution is -0.0325. The topological polar surface area (TPSA) is 80.9 Å². The molecule has 8 rings (SSSR count). The monoisotopic (exact) mass is 646 g/mol. The maximum absolute atomic E-state index is 14.8. The van der Waals surface area contributed by atoms with Crippen LogP contribution >= 0.6 is 0 Å². The summed E-state index contributed by atoms with van der Waals surface area (Å²) in [5.41, 5.74) is 4.02. The Hall–Kier alpha value is -2.70. The average Bonchev–Trinajstić information content (AvgIpc) is 3.43. The van der Waals surface area contributed by atoms with Crippen molar-refractivity contribution < 1.29 is 29.2 Å². The molecule has 6 heteroatoms. The highest BCUT2D eigenvalue weighted by Gasteiger charge is 2.64. The van der Waals surface area contributed by atoms with Gasteiger partial charge < -0.3 is 20.4 Å². The van der Waals surface area contributed by atoms with E-state index in [2.05, 4.69) is 25.3 Å². The number of rotatable bonds is 3. The number of alkyl halides is 2. The molecule has 6 aliphatic carbocycles. The van der Waals surface area contributed by atoms with Gasteiger partial charge in [-0.1, -0.05) is 38.1 Å². The van der Waals surface area contributed by atoms with Gasteiger partial charge in [0.25, 0.3) is 0 Å². The van der Waals surface area contributed by atoms with Crippen LogP contribution in [0.1, 0.15) is 93.9 Å². The minimum atomic E-state index is -1.11. The van der Waals surface area contributed by atoms with E-state index in [9.17, 15) is 29.2 Å². The molecule has 0 amide bonds. The van der Waals surface area contributed by atoms with Gasteiger partial charge in [0.1, 0.15) is 23.8 Å². The second-order valence-corrected chi connectivity index (χ2v) is 16.5. The molecule has 12 atom stereocenters. The lowest BCUT2D eigenvalue weighted by atomic mass is 9.47. The van der Waals surface area contributed by atoms with Crippen molar-refractivity contribution in [3.63, 3.8) is 0 Å². The molecule has 2 aromatic rings. The van der Waals surface area contributed by atoms with Crippen molar-refractivity contribution in [2.45, 2.75) is 120 Å². The third-order valence-corrected chi connectivity index (χ3v) is 14.7. The van der Waals surface area contributed by atoms with Crippen LogP contribution in [0, 0.1) is 34.5 Å². The summed E-state index contributed by atoms with van der Waals surface area (Å²) < 4.78 is 29.4. The lowest BCUT2D eigenvalue weighted by Gasteiger charge is -2.56. The van der Waals surface area contributed by atoms with Crippen molar-refractivity contribution in [3.05, 3.63) is 84.0 Å². The van der Waals surface area contributed by atoms with Crippen molar-refractivity contribution in [2.75, 3.05) is 0 Å². The standard InChI is InChI=1S/C21H27FO2.C20H25FO2/c1-3-8-21-10-9-20(2)17(12-18(24)19(20)22)16(21)6-4-13-11-14(23)5-7-15(13)21;1-3-20-9-8-19(2)16(11-17(23)18(19)21)15(20)6-4-12-10-13(22)5-7-14(12)20/h3,5,7,11,16-19,23-24H,1,4,6,8-10,12H2,2H3;3,5,7,10,15-18,22-23H,1,4,6,8-9,11H2,2H3/t16-,17-,18+,19-,20-,21+;15-,16-,17+,18-,19-,20+/m00/s1. The van der Waals surface area contributed by atoms with E-state index in [0.717, 1.165) is 57.8 Å².